The summed E-state index contributed by atoms with van der Waals surface area (Å²) in [4.78, 5) is 66.7. The number of rotatable bonds is 80. The van der Waals surface area contributed by atoms with Gasteiger partial charge in [0.05, 0.1) is 13.2 Å². The number of aliphatic hydroxyl groups excluding tert-OH is 9. The Morgan fingerprint density at radius 2 is 0.664 bits per heavy atom. The van der Waals surface area contributed by atoms with Gasteiger partial charge >= 0.3 is 31.7 Å². The number of carbonyl (C=O) groups is 4. The van der Waals surface area contributed by atoms with E-state index >= 15 is 0 Å². The van der Waals surface area contributed by atoms with Gasteiger partial charge < -0.3 is 88.7 Å². The second-order valence-corrected chi connectivity index (χ2v) is 37.6. The van der Waals surface area contributed by atoms with E-state index in [0.717, 1.165) is 141 Å². The summed E-state index contributed by atoms with van der Waals surface area (Å²) in [6.45, 7) is 10.3. The first-order valence-corrected chi connectivity index (χ1v) is 51.2. The topological polar surface area (TPSA) is 380 Å². The summed E-state index contributed by atoms with van der Waals surface area (Å²) in [5, 5.41) is 103. The maximum atomic E-state index is 15.0. The summed E-state index contributed by atoms with van der Waals surface area (Å²) in [6.07, 6.45) is 30.4. The second kappa shape index (κ2) is 72.9. The van der Waals surface area contributed by atoms with Crippen LogP contribution in [0.5, 0.6) is 0 Å². The summed E-state index contributed by atoms with van der Waals surface area (Å²) in [6, 6.07) is 0. The molecular formula is C96H179O25P. The first kappa shape index (κ1) is 113. The number of allylic oxidation sites excluding steroid dienone is 2. The SMILES string of the molecule is CCCCCC/C=C\CCCCCCCCCC(=O)OC1C(O)C(O)C(OC2OC(CO)C(O)C(O)C2O)C(OP(=O)(O)OCC(COC(=O)CCCCCCCCC(C)CCCCCCCC)OC(=O)CCCCCCCCC(C)CCCCCCCC)C1OC1OC(COC(=O)CCCCCCCCCCCCCCCCCC)C(O)C(O)C1O. The van der Waals surface area contributed by atoms with Gasteiger partial charge in [0.25, 0.3) is 0 Å². The van der Waals surface area contributed by atoms with E-state index in [1.807, 2.05) is 0 Å². The third-order valence-electron chi connectivity index (χ3n) is 24.8. The first-order valence-electron chi connectivity index (χ1n) is 49.7. The van der Waals surface area contributed by atoms with Gasteiger partial charge in [0, 0.05) is 25.7 Å². The van der Waals surface area contributed by atoms with Crippen LogP contribution in [0.2, 0.25) is 0 Å². The Kier molecular flexibility index (Phi) is 67.8. The van der Waals surface area contributed by atoms with E-state index in [1.54, 1.807) is 0 Å². The predicted molar refractivity (Wildman–Crippen MR) is 476 cm³/mol. The van der Waals surface area contributed by atoms with Crippen LogP contribution in [-0.4, -0.2) is 205 Å². The maximum absolute atomic E-state index is 15.0. The lowest BCUT2D eigenvalue weighted by atomic mass is 9.84. The molecule has 718 valence electrons. The summed E-state index contributed by atoms with van der Waals surface area (Å²) in [7, 11) is -5.81. The molecule has 1 aliphatic carbocycles. The highest BCUT2D eigenvalue weighted by Gasteiger charge is 2.60. The maximum Gasteiger partial charge on any atom is 0.472 e. The van der Waals surface area contributed by atoms with Crippen LogP contribution in [0, 0.1) is 11.8 Å². The number of unbranched alkanes of at least 4 members (excludes halogenated alkanes) is 46. The molecule has 3 rings (SSSR count). The smallest absolute Gasteiger partial charge is 0.463 e. The summed E-state index contributed by atoms with van der Waals surface area (Å²) < 4.78 is 73.7. The molecule has 2 saturated heterocycles. The molecule has 1 saturated carbocycles. The molecule has 20 atom stereocenters. The Balaban J connectivity index is 1.91. The van der Waals surface area contributed by atoms with Crippen molar-refractivity contribution in [2.24, 2.45) is 11.8 Å². The normalized spacial score (nSPS) is 25.0. The van der Waals surface area contributed by atoms with Crippen LogP contribution < -0.4 is 0 Å². The minimum absolute atomic E-state index is 0.0177. The Labute approximate surface area is 737 Å². The summed E-state index contributed by atoms with van der Waals surface area (Å²) in [5.74, 6) is -1.60. The molecule has 3 aliphatic rings. The van der Waals surface area contributed by atoms with E-state index in [-0.39, 0.29) is 25.7 Å². The van der Waals surface area contributed by atoms with Gasteiger partial charge in [0.15, 0.2) is 24.8 Å². The Morgan fingerprint density at radius 3 is 1.07 bits per heavy atom. The number of esters is 4. The Hall–Kier alpha value is -2.79. The third-order valence-corrected chi connectivity index (χ3v) is 25.8. The molecule has 10 N–H and O–H groups in total. The van der Waals surface area contributed by atoms with Crippen LogP contribution in [0.25, 0.3) is 0 Å². The standard InChI is InChI=1S/C96H179O25P/c1-7-11-15-19-23-25-27-29-31-33-34-36-38-40-50-59-67-80(99)113-73-78-84(103)86(105)90(109)96(117-78)120-93-91(118-82(101)69-61-52-41-39-37-35-32-30-28-26-24-20-16-12-8-2)87(106)88(107)92(119-95-89(108)85(104)83(102)77(70-97)116-95)94(93)121-122(110,111)114-72-76(115-81(100)68-60-53-45-43-49-57-65-75(6)63-55-47-22-18-14-10-4)71-112-79(98)66-58-51-44-42-48-56-64-74(5)62-54-46-21-17-13-9-3/h26,28,74-78,83-97,102-109H,7-25,27,29-73H2,1-6H3,(H,110,111)/b28-26-. The number of hydrogen-bond acceptors (Lipinski definition) is 24. The molecule has 3 fully saturated rings. The van der Waals surface area contributed by atoms with Gasteiger partial charge in [-0.3, -0.25) is 28.2 Å². The first-order chi connectivity index (χ1) is 59.0. The molecule has 0 aromatic carbocycles. The fourth-order valence-electron chi connectivity index (χ4n) is 16.7. The van der Waals surface area contributed by atoms with Gasteiger partial charge in [0.1, 0.15) is 92.6 Å². The van der Waals surface area contributed by atoms with Gasteiger partial charge in [-0.1, -0.05) is 368 Å². The molecule has 0 spiro atoms. The molecule has 0 bridgehead atoms. The van der Waals surface area contributed by atoms with Crippen molar-refractivity contribution in [3.05, 3.63) is 12.2 Å². The van der Waals surface area contributed by atoms with Crippen molar-refractivity contribution in [3.63, 3.8) is 0 Å². The van der Waals surface area contributed by atoms with Gasteiger partial charge in [0.2, 0.25) is 0 Å². The molecule has 0 aromatic heterocycles. The van der Waals surface area contributed by atoms with Gasteiger partial charge in [-0.15, -0.1) is 0 Å². The second-order valence-electron chi connectivity index (χ2n) is 36.2. The highest BCUT2D eigenvalue weighted by atomic mass is 31.2. The van der Waals surface area contributed by atoms with Crippen molar-refractivity contribution in [1.29, 1.82) is 0 Å². The zero-order valence-electron chi connectivity index (χ0n) is 77.1. The molecule has 0 radical (unpaired) electrons. The fraction of sp³-hybridized carbons (Fsp3) is 0.938. The van der Waals surface area contributed by atoms with E-state index in [4.69, 9.17) is 46.9 Å². The number of carbonyl (C=O) groups excluding carboxylic acids is 4. The lowest BCUT2D eigenvalue weighted by Crippen LogP contribution is -2.70. The predicted octanol–water partition coefficient (Wildman–Crippen LogP) is 19.2. The van der Waals surface area contributed by atoms with Crippen molar-refractivity contribution in [2.75, 3.05) is 26.4 Å². The molecular weight excluding hydrogens is 1580 g/mol. The number of hydrogen-bond donors (Lipinski definition) is 10. The van der Waals surface area contributed by atoms with E-state index in [9.17, 15) is 74.6 Å². The number of phosphoric ester groups is 1. The van der Waals surface area contributed by atoms with Crippen molar-refractivity contribution in [1.82, 2.24) is 0 Å². The molecule has 122 heavy (non-hydrogen) atoms. The molecule has 0 aromatic rings. The van der Waals surface area contributed by atoms with E-state index in [0.29, 0.717) is 43.9 Å². The van der Waals surface area contributed by atoms with E-state index < -0.39 is 162 Å². The lowest BCUT2D eigenvalue weighted by molar-refractivity contribution is -0.360. The van der Waals surface area contributed by atoms with Gasteiger partial charge in [-0.2, -0.15) is 0 Å². The van der Waals surface area contributed by atoms with Crippen LogP contribution in [0.4, 0.5) is 0 Å². The average molecular weight is 1760 g/mol. The number of ether oxygens (including phenoxy) is 8. The number of phosphoric acid groups is 1. The zero-order valence-corrected chi connectivity index (χ0v) is 78.0. The minimum atomic E-state index is -5.81. The summed E-state index contributed by atoms with van der Waals surface area (Å²) >= 11 is 0. The molecule has 25 nitrogen and oxygen atoms in total. The molecule has 20 unspecified atom stereocenters. The van der Waals surface area contributed by atoms with Crippen LogP contribution in [0.1, 0.15) is 433 Å². The molecule has 0 amide bonds. The monoisotopic (exact) mass is 1760 g/mol. The highest BCUT2D eigenvalue weighted by Crippen LogP contribution is 2.49. The Bertz CT molecular complexity index is 2610. The molecule has 2 aliphatic heterocycles. The van der Waals surface area contributed by atoms with Crippen molar-refractivity contribution in [3.8, 4) is 0 Å². The van der Waals surface area contributed by atoms with Crippen molar-refractivity contribution >= 4 is 31.7 Å². The molecule has 2 heterocycles. The third kappa shape index (κ3) is 52.8. The largest absolute Gasteiger partial charge is 0.472 e. The fourth-order valence-corrected chi connectivity index (χ4v) is 17.7. The van der Waals surface area contributed by atoms with Crippen LogP contribution in [0.15, 0.2) is 12.2 Å². The number of aliphatic hydroxyl groups is 9. The van der Waals surface area contributed by atoms with Crippen LogP contribution in [-0.2, 0) is 70.7 Å². The van der Waals surface area contributed by atoms with Gasteiger partial charge in [-0.05, 0) is 63.2 Å². The van der Waals surface area contributed by atoms with Gasteiger partial charge in [-0.25, -0.2) is 4.57 Å². The minimum Gasteiger partial charge on any atom is -0.463 e. The summed E-state index contributed by atoms with van der Waals surface area (Å²) in [5.41, 5.74) is 0. The zero-order chi connectivity index (χ0) is 89.2. The van der Waals surface area contributed by atoms with E-state index in [1.165, 1.54) is 193 Å². The average Bonchev–Trinajstić information content (AvgIpc) is 0.753. The molecule has 26 heteroatoms. The lowest BCUT2D eigenvalue weighted by Gasteiger charge is -2.50. The van der Waals surface area contributed by atoms with Crippen molar-refractivity contribution in [2.45, 2.75) is 537 Å². The van der Waals surface area contributed by atoms with E-state index in [2.05, 4.69) is 53.7 Å². The Morgan fingerprint density at radius 1 is 0.344 bits per heavy atom. The van der Waals surface area contributed by atoms with Crippen LogP contribution >= 0.6 is 7.82 Å². The van der Waals surface area contributed by atoms with Crippen molar-refractivity contribution < 1.29 is 122 Å². The quantitative estimate of drug-likeness (QED) is 0.00889. The highest BCUT2D eigenvalue weighted by molar-refractivity contribution is 7.47. The van der Waals surface area contributed by atoms with Crippen LogP contribution in [0.3, 0.4) is 0 Å².